The van der Waals surface area contributed by atoms with Crippen LogP contribution in [0.3, 0.4) is 0 Å². The highest BCUT2D eigenvalue weighted by Gasteiger charge is 2.10. The van der Waals surface area contributed by atoms with Crippen LogP contribution in [0.25, 0.3) is 10.4 Å². The van der Waals surface area contributed by atoms with Gasteiger partial charge in [0.05, 0.1) is 66.1 Å². The zero-order chi connectivity index (χ0) is 21.0. The first-order chi connectivity index (χ1) is 14.2. The maximum atomic E-state index is 12.0. The Balaban J connectivity index is 1.78. The van der Waals surface area contributed by atoms with Gasteiger partial charge in [-0.3, -0.25) is 0 Å². The second-order valence-electron chi connectivity index (χ2n) is 5.56. The van der Waals surface area contributed by atoms with Crippen molar-refractivity contribution < 1.29 is 33.3 Å². The van der Waals surface area contributed by atoms with Crippen LogP contribution in [0.15, 0.2) is 34.3 Å². The molecule has 0 aliphatic rings. The highest BCUT2D eigenvalue weighted by Crippen LogP contribution is 2.15. The highest BCUT2D eigenvalue weighted by molar-refractivity contribution is 7.91. The van der Waals surface area contributed by atoms with Gasteiger partial charge in [-0.2, -0.15) is 0 Å². The molecule has 1 atom stereocenters. The van der Waals surface area contributed by atoms with E-state index in [1.807, 2.05) is 0 Å². The van der Waals surface area contributed by atoms with Gasteiger partial charge >= 0.3 is 0 Å². The maximum absolute atomic E-state index is 12.0. The van der Waals surface area contributed by atoms with Gasteiger partial charge in [-0.25, -0.2) is 0 Å². The van der Waals surface area contributed by atoms with Gasteiger partial charge in [0.1, 0.15) is 11.5 Å². The second-order valence-corrected chi connectivity index (χ2v) is 7.13. The summed E-state index contributed by atoms with van der Waals surface area (Å²) in [6.45, 7) is 4.75. The Bertz CT molecular complexity index is 559. The van der Waals surface area contributed by atoms with Crippen molar-refractivity contribution in [2.24, 2.45) is 5.11 Å². The van der Waals surface area contributed by atoms with Gasteiger partial charge in [0.25, 0.3) is 0 Å². The predicted octanol–water partition coefficient (Wildman–Crippen LogP) is 1.89. The second kappa shape index (κ2) is 18.5. The van der Waals surface area contributed by atoms with E-state index in [1.165, 1.54) is 12.1 Å². The summed E-state index contributed by atoms with van der Waals surface area (Å²) < 4.78 is 38.6. The molecule has 0 aliphatic heterocycles. The molecule has 0 bridgehead atoms. The summed E-state index contributed by atoms with van der Waals surface area (Å²) in [7, 11) is 0. The van der Waals surface area contributed by atoms with E-state index in [0.29, 0.717) is 83.3 Å². The third-order valence-electron chi connectivity index (χ3n) is 3.40. The fraction of sp³-hybridized carbons (Fsp3) is 0.667. The van der Waals surface area contributed by atoms with E-state index in [4.69, 9.17) is 29.2 Å². The lowest BCUT2D eigenvalue weighted by atomic mass is 10.3. The fourth-order valence-corrected chi connectivity index (χ4v) is 2.93. The first kappa shape index (κ1) is 25.5. The normalized spacial score (nSPS) is 11.9. The molecule has 29 heavy (non-hydrogen) atoms. The summed E-state index contributed by atoms with van der Waals surface area (Å²) in [4.78, 5) is 3.29. The number of rotatable bonds is 19. The SMILES string of the molecule is [N-]=[N+]=NCCOCCOCCOCCOCCOCC[S+]([O-])c1ccc(O)cc1. The molecule has 0 saturated carbocycles. The Morgan fingerprint density at radius 1 is 0.793 bits per heavy atom. The molecular formula is C18H29N3O7S. The van der Waals surface area contributed by atoms with Crippen LogP contribution in [0.5, 0.6) is 5.75 Å². The Morgan fingerprint density at radius 2 is 1.24 bits per heavy atom. The molecule has 1 unspecified atom stereocenters. The number of azide groups is 1. The van der Waals surface area contributed by atoms with Crippen LogP contribution in [-0.4, -0.2) is 88.0 Å². The summed E-state index contributed by atoms with van der Waals surface area (Å²) in [6, 6.07) is 6.31. The molecule has 1 aromatic carbocycles. The zero-order valence-corrected chi connectivity index (χ0v) is 17.3. The van der Waals surface area contributed by atoms with Crippen LogP contribution in [0.4, 0.5) is 0 Å². The number of aromatic hydroxyl groups is 1. The lowest BCUT2D eigenvalue weighted by molar-refractivity contribution is -0.00956. The highest BCUT2D eigenvalue weighted by atomic mass is 32.2. The van der Waals surface area contributed by atoms with Crippen LogP contribution in [0.2, 0.25) is 0 Å². The van der Waals surface area contributed by atoms with Crippen molar-refractivity contribution in [1.82, 2.24) is 0 Å². The lowest BCUT2D eigenvalue weighted by Gasteiger charge is -2.11. The van der Waals surface area contributed by atoms with Crippen LogP contribution in [0, 0.1) is 0 Å². The van der Waals surface area contributed by atoms with Crippen LogP contribution >= 0.6 is 0 Å². The van der Waals surface area contributed by atoms with Crippen molar-refractivity contribution in [3.05, 3.63) is 34.7 Å². The number of nitrogens with zero attached hydrogens (tertiary/aromatic N) is 3. The molecule has 0 spiro atoms. The van der Waals surface area contributed by atoms with Crippen LogP contribution in [-0.2, 0) is 34.9 Å². The van der Waals surface area contributed by atoms with Gasteiger partial charge in [0.15, 0.2) is 4.90 Å². The predicted molar refractivity (Wildman–Crippen MR) is 107 cm³/mol. The average Bonchev–Trinajstić information content (AvgIpc) is 2.73. The van der Waals surface area contributed by atoms with Crippen LogP contribution in [0.1, 0.15) is 0 Å². The van der Waals surface area contributed by atoms with Crippen LogP contribution < -0.4 is 0 Å². The van der Waals surface area contributed by atoms with Crippen molar-refractivity contribution in [3.63, 3.8) is 0 Å². The van der Waals surface area contributed by atoms with Gasteiger partial charge < -0.3 is 33.3 Å². The van der Waals surface area contributed by atoms with E-state index < -0.39 is 11.2 Å². The molecule has 10 nitrogen and oxygen atoms in total. The summed E-state index contributed by atoms with van der Waals surface area (Å²) >= 11 is -1.14. The Hall–Kier alpha value is -1.56. The smallest absolute Gasteiger partial charge is 0.153 e. The third kappa shape index (κ3) is 15.0. The third-order valence-corrected chi connectivity index (χ3v) is 4.73. The fourth-order valence-electron chi connectivity index (χ4n) is 1.98. The minimum absolute atomic E-state index is 0.153. The summed E-state index contributed by atoms with van der Waals surface area (Å²) in [5.41, 5.74) is 8.09. The minimum atomic E-state index is -1.14. The molecule has 0 amide bonds. The van der Waals surface area contributed by atoms with E-state index in [1.54, 1.807) is 12.1 Å². The lowest BCUT2D eigenvalue weighted by Crippen LogP contribution is -2.16. The van der Waals surface area contributed by atoms with Crippen molar-refractivity contribution in [1.29, 1.82) is 0 Å². The largest absolute Gasteiger partial charge is 0.611 e. The zero-order valence-electron chi connectivity index (χ0n) is 16.4. The molecule has 0 heterocycles. The van der Waals surface area contributed by atoms with Gasteiger partial charge in [0.2, 0.25) is 0 Å². The molecule has 0 radical (unpaired) electrons. The molecule has 1 rings (SSSR count). The molecule has 11 heteroatoms. The van der Waals surface area contributed by atoms with Gasteiger partial charge in [-0.1, -0.05) is 5.11 Å². The Kier molecular flexibility index (Phi) is 16.2. The number of hydrogen-bond donors (Lipinski definition) is 1. The summed E-state index contributed by atoms with van der Waals surface area (Å²) in [5, 5.41) is 12.6. The number of phenolic OH excluding ortho intramolecular Hbond substituents is 1. The first-order valence-corrected chi connectivity index (χ1v) is 10.6. The van der Waals surface area contributed by atoms with Gasteiger partial charge in [-0.15, -0.1) is 0 Å². The summed E-state index contributed by atoms with van der Waals surface area (Å²) in [5.74, 6) is 0.549. The average molecular weight is 432 g/mol. The standard InChI is InChI=1S/C18H29N3O7S/c19-21-20-5-6-24-7-8-25-9-10-26-11-12-27-13-14-28-15-16-29(23)18-3-1-17(22)2-4-18/h1-4,22H,5-16H2. The molecule has 0 fully saturated rings. The van der Waals surface area contributed by atoms with Crippen molar-refractivity contribution >= 4 is 11.2 Å². The quantitative estimate of drug-likeness (QED) is 0.116. The number of phenols is 1. The number of benzene rings is 1. The topological polar surface area (TPSA) is 138 Å². The van der Waals surface area contributed by atoms with Gasteiger partial charge in [0, 0.05) is 11.5 Å². The van der Waals surface area contributed by atoms with Crippen molar-refractivity contribution in [3.8, 4) is 5.75 Å². The van der Waals surface area contributed by atoms with Gasteiger partial charge in [-0.05, 0) is 41.0 Å². The Labute approximate surface area is 173 Å². The monoisotopic (exact) mass is 431 g/mol. The first-order valence-electron chi connectivity index (χ1n) is 9.31. The van der Waals surface area contributed by atoms with E-state index in [9.17, 15) is 9.66 Å². The molecule has 164 valence electrons. The van der Waals surface area contributed by atoms with Crippen molar-refractivity contribution in [2.75, 3.05) is 78.4 Å². The molecule has 0 saturated heterocycles. The number of hydrogen-bond acceptors (Lipinski definition) is 8. The van der Waals surface area contributed by atoms with E-state index in [2.05, 4.69) is 10.0 Å². The van der Waals surface area contributed by atoms with E-state index in [0.717, 1.165) is 0 Å². The molecule has 1 N–H and O–H groups in total. The minimum Gasteiger partial charge on any atom is -0.611 e. The molecule has 0 aromatic heterocycles. The Morgan fingerprint density at radius 3 is 1.72 bits per heavy atom. The molecular weight excluding hydrogens is 402 g/mol. The maximum Gasteiger partial charge on any atom is 0.153 e. The summed E-state index contributed by atoms with van der Waals surface area (Å²) in [6.07, 6.45) is 0. The van der Waals surface area contributed by atoms with E-state index in [-0.39, 0.29) is 5.75 Å². The van der Waals surface area contributed by atoms with E-state index >= 15 is 0 Å². The molecule has 1 aromatic rings. The van der Waals surface area contributed by atoms with Crippen molar-refractivity contribution in [2.45, 2.75) is 4.90 Å². The number of ether oxygens (including phenoxy) is 5. The molecule has 0 aliphatic carbocycles.